The summed E-state index contributed by atoms with van der Waals surface area (Å²) >= 11 is 0. The summed E-state index contributed by atoms with van der Waals surface area (Å²) in [6.45, 7) is 2.20. The van der Waals surface area contributed by atoms with Crippen molar-refractivity contribution < 1.29 is 9.53 Å². The lowest BCUT2D eigenvalue weighted by Gasteiger charge is -2.16. The minimum absolute atomic E-state index is 0.0797. The van der Waals surface area contributed by atoms with Gasteiger partial charge in [-0.25, -0.2) is 0 Å². The molecule has 0 aliphatic carbocycles. The number of nitrogens with one attached hydrogen (secondary N) is 1. The molecule has 1 heterocycles. The van der Waals surface area contributed by atoms with Gasteiger partial charge in [0.05, 0.1) is 18.0 Å². The number of anilines is 2. The fourth-order valence-corrected chi connectivity index (χ4v) is 2.19. The van der Waals surface area contributed by atoms with Crippen LogP contribution in [0.1, 0.15) is 16.8 Å². The first kappa shape index (κ1) is 13.7. The Hall–Kier alpha value is -1.75. The van der Waals surface area contributed by atoms with Gasteiger partial charge in [0.25, 0.3) is 5.91 Å². The smallest absolute Gasteiger partial charge is 0.251 e. The van der Waals surface area contributed by atoms with Crippen LogP contribution >= 0.6 is 0 Å². The van der Waals surface area contributed by atoms with Crippen LogP contribution in [-0.2, 0) is 4.74 Å². The van der Waals surface area contributed by atoms with Crippen LogP contribution < -0.4 is 16.0 Å². The Bertz CT molecular complexity index is 454. The maximum absolute atomic E-state index is 12.0. The number of carbonyl (C=O) groups is 1. The van der Waals surface area contributed by atoms with Crippen LogP contribution in [-0.4, -0.2) is 39.8 Å². The average molecular weight is 263 g/mol. The van der Waals surface area contributed by atoms with E-state index in [4.69, 9.17) is 10.5 Å². The number of hydrogen-bond acceptors (Lipinski definition) is 4. The molecular formula is C14H21N3O2. The zero-order chi connectivity index (χ0) is 13.8. The van der Waals surface area contributed by atoms with E-state index in [1.807, 2.05) is 25.1 Å². The van der Waals surface area contributed by atoms with Gasteiger partial charge in [0.1, 0.15) is 0 Å². The number of hydrogen-bond donors (Lipinski definition) is 2. The second kappa shape index (κ2) is 5.93. The van der Waals surface area contributed by atoms with Crippen molar-refractivity contribution in [3.63, 3.8) is 0 Å². The average Bonchev–Trinajstić information content (AvgIpc) is 2.88. The van der Waals surface area contributed by atoms with Crippen molar-refractivity contribution in [1.29, 1.82) is 0 Å². The lowest BCUT2D eigenvalue weighted by molar-refractivity contribution is 0.0945. The van der Waals surface area contributed by atoms with E-state index in [9.17, 15) is 4.79 Å². The molecule has 1 aliphatic heterocycles. The largest absolute Gasteiger partial charge is 0.397 e. The molecule has 0 aromatic heterocycles. The molecule has 1 unspecified atom stereocenters. The molecule has 1 atom stereocenters. The minimum atomic E-state index is -0.0797. The second-order valence-electron chi connectivity index (χ2n) is 5.11. The van der Waals surface area contributed by atoms with Gasteiger partial charge < -0.3 is 20.7 Å². The van der Waals surface area contributed by atoms with Crippen LogP contribution in [0.15, 0.2) is 18.2 Å². The molecule has 0 radical (unpaired) electrons. The molecule has 2 rings (SSSR count). The minimum Gasteiger partial charge on any atom is -0.397 e. The van der Waals surface area contributed by atoms with Crippen molar-refractivity contribution in [1.82, 2.24) is 5.32 Å². The van der Waals surface area contributed by atoms with E-state index in [-0.39, 0.29) is 5.91 Å². The summed E-state index contributed by atoms with van der Waals surface area (Å²) in [5.41, 5.74) is 8.07. The first-order chi connectivity index (χ1) is 9.08. The van der Waals surface area contributed by atoms with Crippen LogP contribution in [0, 0.1) is 5.92 Å². The van der Waals surface area contributed by atoms with E-state index in [2.05, 4.69) is 5.32 Å². The predicted molar refractivity (Wildman–Crippen MR) is 76.4 cm³/mol. The molecule has 1 saturated heterocycles. The highest BCUT2D eigenvalue weighted by molar-refractivity contribution is 5.96. The zero-order valence-corrected chi connectivity index (χ0v) is 11.5. The maximum atomic E-state index is 12.0. The van der Waals surface area contributed by atoms with E-state index in [0.29, 0.717) is 23.7 Å². The quantitative estimate of drug-likeness (QED) is 0.798. The van der Waals surface area contributed by atoms with Gasteiger partial charge in [0.2, 0.25) is 0 Å². The molecule has 1 aliphatic rings. The summed E-state index contributed by atoms with van der Waals surface area (Å²) in [4.78, 5) is 13.9. The SMILES string of the molecule is CN(C)c1ccc(C(=O)NCC2CCOC2)cc1N. The monoisotopic (exact) mass is 263 g/mol. The van der Waals surface area contributed by atoms with Crippen molar-refractivity contribution in [3.8, 4) is 0 Å². The highest BCUT2D eigenvalue weighted by atomic mass is 16.5. The van der Waals surface area contributed by atoms with Crippen LogP contribution in [0.4, 0.5) is 11.4 Å². The van der Waals surface area contributed by atoms with E-state index < -0.39 is 0 Å². The third-order valence-electron chi connectivity index (χ3n) is 3.35. The number of nitrogens with zero attached hydrogens (tertiary/aromatic N) is 1. The van der Waals surface area contributed by atoms with Crippen molar-refractivity contribution in [2.75, 3.05) is 44.5 Å². The van der Waals surface area contributed by atoms with E-state index in [0.717, 1.165) is 25.3 Å². The standard InChI is InChI=1S/C14H21N3O2/c1-17(2)13-4-3-11(7-12(13)15)14(18)16-8-10-5-6-19-9-10/h3-4,7,10H,5-6,8-9,15H2,1-2H3,(H,16,18). The molecule has 3 N–H and O–H groups in total. The topological polar surface area (TPSA) is 67.6 Å². The number of benzene rings is 1. The molecule has 1 fully saturated rings. The molecule has 0 spiro atoms. The summed E-state index contributed by atoms with van der Waals surface area (Å²) in [5, 5.41) is 2.93. The Morgan fingerprint density at radius 2 is 2.32 bits per heavy atom. The second-order valence-corrected chi connectivity index (χ2v) is 5.11. The lowest BCUT2D eigenvalue weighted by Crippen LogP contribution is -2.29. The summed E-state index contributed by atoms with van der Waals surface area (Å²) in [5.74, 6) is 0.353. The van der Waals surface area contributed by atoms with Gasteiger partial charge in [-0.15, -0.1) is 0 Å². The Morgan fingerprint density at radius 3 is 2.89 bits per heavy atom. The summed E-state index contributed by atoms with van der Waals surface area (Å²) < 4.78 is 5.28. The van der Waals surface area contributed by atoms with Gasteiger partial charge in [0, 0.05) is 38.7 Å². The number of nitrogen functional groups attached to an aromatic ring is 1. The molecule has 0 saturated carbocycles. The van der Waals surface area contributed by atoms with Gasteiger partial charge >= 0.3 is 0 Å². The molecule has 5 heteroatoms. The maximum Gasteiger partial charge on any atom is 0.251 e. The number of amides is 1. The Balaban J connectivity index is 1.96. The van der Waals surface area contributed by atoms with E-state index in [1.165, 1.54) is 0 Å². The molecule has 1 aromatic rings. The van der Waals surface area contributed by atoms with E-state index >= 15 is 0 Å². The first-order valence-corrected chi connectivity index (χ1v) is 6.50. The van der Waals surface area contributed by atoms with Crippen molar-refractivity contribution in [3.05, 3.63) is 23.8 Å². The highest BCUT2D eigenvalue weighted by Gasteiger charge is 2.17. The first-order valence-electron chi connectivity index (χ1n) is 6.50. The summed E-state index contributed by atoms with van der Waals surface area (Å²) in [6.07, 6.45) is 1.02. The summed E-state index contributed by atoms with van der Waals surface area (Å²) in [7, 11) is 3.84. The van der Waals surface area contributed by atoms with Gasteiger partial charge in [-0.2, -0.15) is 0 Å². The van der Waals surface area contributed by atoms with Gasteiger partial charge in [0.15, 0.2) is 0 Å². The molecule has 0 bridgehead atoms. The Morgan fingerprint density at radius 1 is 1.53 bits per heavy atom. The van der Waals surface area contributed by atoms with Crippen molar-refractivity contribution in [2.45, 2.75) is 6.42 Å². The molecule has 1 aromatic carbocycles. The summed E-state index contributed by atoms with van der Waals surface area (Å²) in [6, 6.07) is 5.38. The van der Waals surface area contributed by atoms with Gasteiger partial charge in [-0.1, -0.05) is 0 Å². The fourth-order valence-electron chi connectivity index (χ4n) is 2.19. The Labute approximate surface area is 113 Å². The van der Waals surface area contributed by atoms with Crippen molar-refractivity contribution >= 4 is 17.3 Å². The Kier molecular flexibility index (Phi) is 4.27. The molecule has 19 heavy (non-hydrogen) atoms. The van der Waals surface area contributed by atoms with Crippen LogP contribution in [0.5, 0.6) is 0 Å². The molecule has 104 valence electrons. The van der Waals surface area contributed by atoms with E-state index in [1.54, 1.807) is 12.1 Å². The van der Waals surface area contributed by atoms with Crippen LogP contribution in [0.2, 0.25) is 0 Å². The lowest BCUT2D eigenvalue weighted by atomic mass is 10.1. The molecule has 5 nitrogen and oxygen atoms in total. The van der Waals surface area contributed by atoms with Crippen LogP contribution in [0.3, 0.4) is 0 Å². The zero-order valence-electron chi connectivity index (χ0n) is 11.5. The molecular weight excluding hydrogens is 242 g/mol. The third kappa shape index (κ3) is 3.38. The fraction of sp³-hybridized carbons (Fsp3) is 0.500. The number of rotatable bonds is 4. The number of carbonyl (C=O) groups excluding carboxylic acids is 1. The van der Waals surface area contributed by atoms with Gasteiger partial charge in [-0.3, -0.25) is 4.79 Å². The normalized spacial score (nSPS) is 18.3. The number of ether oxygens (including phenoxy) is 1. The van der Waals surface area contributed by atoms with Crippen LogP contribution in [0.25, 0.3) is 0 Å². The highest BCUT2D eigenvalue weighted by Crippen LogP contribution is 2.22. The van der Waals surface area contributed by atoms with Crippen molar-refractivity contribution in [2.24, 2.45) is 5.92 Å². The van der Waals surface area contributed by atoms with Gasteiger partial charge in [-0.05, 0) is 24.6 Å². The molecule has 1 amide bonds. The number of nitrogens with two attached hydrogens (primary N) is 1. The predicted octanol–water partition coefficient (Wildman–Crippen LogP) is 1.10. The third-order valence-corrected chi connectivity index (χ3v) is 3.35.